The number of anilines is 1. The van der Waals surface area contributed by atoms with E-state index in [1.807, 2.05) is 13.0 Å². The summed E-state index contributed by atoms with van der Waals surface area (Å²) in [6.45, 7) is 5.79. The van der Waals surface area contributed by atoms with Crippen molar-refractivity contribution in [3.63, 3.8) is 0 Å². The fraction of sp³-hybridized carbons (Fsp3) is 0.200. The van der Waals surface area contributed by atoms with Gasteiger partial charge in [-0.15, -0.1) is 0 Å². The van der Waals surface area contributed by atoms with Crippen LogP contribution in [0.1, 0.15) is 38.8 Å². The number of benzene rings is 3. The number of methoxy groups -OCH3 is 1. The van der Waals surface area contributed by atoms with Gasteiger partial charge in [0.1, 0.15) is 0 Å². The smallest absolute Gasteiger partial charge is 0.269 e. The monoisotopic (exact) mass is 497 g/mol. The van der Waals surface area contributed by atoms with Gasteiger partial charge in [0, 0.05) is 16.8 Å². The topological polar surface area (TPSA) is 123 Å². The standard InChI is InChI=1S/C25H27N3O6S/c1-5-34-21-12-11-19(15-22(21)33-4)25(30)27-26-24(29)18-7-6-8-20(14-18)28-35(31,32)23-13-16(2)9-10-17(23)3/h6-15,28H,5H2,1-4H3,(H,26,29)(H,27,30). The van der Waals surface area contributed by atoms with E-state index >= 15 is 0 Å². The van der Waals surface area contributed by atoms with Crippen molar-refractivity contribution < 1.29 is 27.5 Å². The van der Waals surface area contributed by atoms with Gasteiger partial charge in [-0.1, -0.05) is 18.2 Å². The molecule has 35 heavy (non-hydrogen) atoms. The second-order valence-electron chi connectivity index (χ2n) is 7.66. The Bertz CT molecular complexity index is 1360. The third-order valence-corrected chi connectivity index (χ3v) is 6.55. The molecule has 0 aliphatic heterocycles. The molecule has 9 nitrogen and oxygen atoms in total. The molecule has 3 N–H and O–H groups in total. The lowest BCUT2D eigenvalue weighted by Gasteiger charge is -2.13. The van der Waals surface area contributed by atoms with Crippen LogP contribution in [0.3, 0.4) is 0 Å². The average molecular weight is 498 g/mol. The quantitative estimate of drug-likeness (QED) is 0.409. The van der Waals surface area contributed by atoms with E-state index in [-0.39, 0.29) is 21.7 Å². The minimum atomic E-state index is -3.86. The molecule has 10 heteroatoms. The zero-order valence-corrected chi connectivity index (χ0v) is 20.7. The van der Waals surface area contributed by atoms with E-state index in [1.165, 1.54) is 43.5 Å². The maximum absolute atomic E-state index is 12.9. The minimum absolute atomic E-state index is 0.149. The van der Waals surface area contributed by atoms with Gasteiger partial charge in [-0.2, -0.15) is 0 Å². The first-order valence-corrected chi connectivity index (χ1v) is 12.2. The number of hydrogen-bond acceptors (Lipinski definition) is 6. The molecule has 0 spiro atoms. The fourth-order valence-electron chi connectivity index (χ4n) is 3.27. The molecule has 0 saturated carbocycles. The molecule has 3 aromatic carbocycles. The van der Waals surface area contributed by atoms with E-state index in [0.29, 0.717) is 23.7 Å². The van der Waals surface area contributed by atoms with Crippen molar-refractivity contribution in [1.82, 2.24) is 10.9 Å². The highest BCUT2D eigenvalue weighted by molar-refractivity contribution is 7.92. The van der Waals surface area contributed by atoms with Crippen LogP contribution in [0.4, 0.5) is 5.69 Å². The Morgan fingerprint density at radius 2 is 1.54 bits per heavy atom. The minimum Gasteiger partial charge on any atom is -0.493 e. The number of aryl methyl sites for hydroxylation is 2. The Balaban J connectivity index is 1.69. The lowest BCUT2D eigenvalue weighted by atomic mass is 10.2. The molecule has 3 rings (SSSR count). The zero-order valence-electron chi connectivity index (χ0n) is 19.8. The first-order valence-electron chi connectivity index (χ1n) is 10.8. The van der Waals surface area contributed by atoms with E-state index < -0.39 is 21.8 Å². The molecule has 2 amide bonds. The molecular formula is C25H27N3O6S. The van der Waals surface area contributed by atoms with Crippen LogP contribution in [0.2, 0.25) is 0 Å². The number of sulfonamides is 1. The van der Waals surface area contributed by atoms with Crippen LogP contribution in [0.15, 0.2) is 65.6 Å². The summed E-state index contributed by atoms with van der Waals surface area (Å²) in [6.07, 6.45) is 0. The molecule has 184 valence electrons. The van der Waals surface area contributed by atoms with Gasteiger partial charge in [0.2, 0.25) is 0 Å². The summed E-state index contributed by atoms with van der Waals surface area (Å²) in [4.78, 5) is 25.2. The van der Waals surface area contributed by atoms with Gasteiger partial charge in [-0.3, -0.25) is 25.2 Å². The maximum atomic E-state index is 12.9. The van der Waals surface area contributed by atoms with Gasteiger partial charge in [-0.05, 0) is 74.4 Å². The van der Waals surface area contributed by atoms with Gasteiger partial charge >= 0.3 is 0 Å². The van der Waals surface area contributed by atoms with Crippen LogP contribution in [0.5, 0.6) is 11.5 Å². The first kappa shape index (κ1) is 25.6. The zero-order chi connectivity index (χ0) is 25.6. The Morgan fingerprint density at radius 3 is 2.20 bits per heavy atom. The molecule has 0 aromatic heterocycles. The van der Waals surface area contributed by atoms with E-state index in [0.717, 1.165) is 5.56 Å². The average Bonchev–Trinajstić information content (AvgIpc) is 2.84. The van der Waals surface area contributed by atoms with Crippen molar-refractivity contribution in [1.29, 1.82) is 0 Å². The Morgan fingerprint density at radius 1 is 0.857 bits per heavy atom. The molecular weight excluding hydrogens is 470 g/mol. The first-order chi connectivity index (χ1) is 16.6. The number of hydrazine groups is 1. The number of hydrogen-bond donors (Lipinski definition) is 3. The number of carbonyl (C=O) groups excluding carboxylic acids is 2. The Kier molecular flexibility index (Phi) is 7.98. The molecule has 0 fully saturated rings. The Labute approximate surface area is 204 Å². The van der Waals surface area contributed by atoms with E-state index in [9.17, 15) is 18.0 Å². The summed E-state index contributed by atoms with van der Waals surface area (Å²) < 4.78 is 38.9. The van der Waals surface area contributed by atoms with Gasteiger partial charge in [0.05, 0.1) is 18.6 Å². The summed E-state index contributed by atoms with van der Waals surface area (Å²) in [6, 6.07) is 15.7. The predicted molar refractivity (Wildman–Crippen MR) is 132 cm³/mol. The molecule has 0 atom stereocenters. The maximum Gasteiger partial charge on any atom is 0.269 e. The van der Waals surface area contributed by atoms with Crippen molar-refractivity contribution in [2.45, 2.75) is 25.7 Å². The van der Waals surface area contributed by atoms with Crippen LogP contribution in [-0.2, 0) is 10.0 Å². The van der Waals surface area contributed by atoms with Crippen molar-refractivity contribution in [3.05, 3.63) is 82.9 Å². The largest absolute Gasteiger partial charge is 0.493 e. The molecule has 0 saturated heterocycles. The summed E-state index contributed by atoms with van der Waals surface area (Å²) in [5.41, 5.74) is 6.68. The fourth-order valence-corrected chi connectivity index (χ4v) is 4.65. The van der Waals surface area contributed by atoms with Gasteiger partial charge < -0.3 is 9.47 Å². The molecule has 0 heterocycles. The lowest BCUT2D eigenvalue weighted by molar-refractivity contribution is 0.0846. The molecule has 3 aromatic rings. The third kappa shape index (κ3) is 6.30. The van der Waals surface area contributed by atoms with Crippen molar-refractivity contribution >= 4 is 27.5 Å². The highest BCUT2D eigenvalue weighted by Gasteiger charge is 2.18. The number of nitrogens with one attached hydrogen (secondary N) is 3. The molecule has 0 radical (unpaired) electrons. The second-order valence-corrected chi connectivity index (χ2v) is 9.31. The lowest BCUT2D eigenvalue weighted by Crippen LogP contribution is -2.41. The molecule has 0 unspecified atom stereocenters. The highest BCUT2D eigenvalue weighted by atomic mass is 32.2. The summed E-state index contributed by atoms with van der Waals surface area (Å²) in [7, 11) is -2.40. The van der Waals surface area contributed by atoms with Crippen molar-refractivity contribution in [2.75, 3.05) is 18.4 Å². The molecule has 0 aliphatic rings. The number of ether oxygens (including phenoxy) is 2. The van der Waals surface area contributed by atoms with Crippen molar-refractivity contribution in [2.24, 2.45) is 0 Å². The molecule has 0 aliphatic carbocycles. The molecule has 0 bridgehead atoms. The van der Waals surface area contributed by atoms with Crippen LogP contribution < -0.4 is 25.0 Å². The normalized spacial score (nSPS) is 10.9. The SMILES string of the molecule is CCOc1ccc(C(=O)NNC(=O)c2cccc(NS(=O)(=O)c3cc(C)ccc3C)c2)cc1OC. The number of rotatable bonds is 8. The summed E-state index contributed by atoms with van der Waals surface area (Å²) in [5, 5.41) is 0. The van der Waals surface area contributed by atoms with Gasteiger partial charge in [-0.25, -0.2) is 8.42 Å². The van der Waals surface area contributed by atoms with Gasteiger partial charge in [0.25, 0.3) is 21.8 Å². The van der Waals surface area contributed by atoms with Gasteiger partial charge in [0.15, 0.2) is 11.5 Å². The van der Waals surface area contributed by atoms with Crippen LogP contribution in [0, 0.1) is 13.8 Å². The van der Waals surface area contributed by atoms with Crippen LogP contribution >= 0.6 is 0 Å². The van der Waals surface area contributed by atoms with E-state index in [1.54, 1.807) is 32.0 Å². The van der Waals surface area contributed by atoms with E-state index in [4.69, 9.17) is 9.47 Å². The Hall–Kier alpha value is -4.05. The predicted octanol–water partition coefficient (Wildman–Crippen LogP) is 3.59. The summed E-state index contributed by atoms with van der Waals surface area (Å²) >= 11 is 0. The van der Waals surface area contributed by atoms with Crippen molar-refractivity contribution in [3.8, 4) is 11.5 Å². The van der Waals surface area contributed by atoms with Crippen LogP contribution in [0.25, 0.3) is 0 Å². The third-order valence-electron chi connectivity index (χ3n) is 5.03. The number of carbonyl (C=O) groups is 2. The van der Waals surface area contributed by atoms with Crippen LogP contribution in [-0.4, -0.2) is 33.9 Å². The second kappa shape index (κ2) is 10.9. The summed E-state index contributed by atoms with van der Waals surface area (Å²) in [5.74, 6) is -0.305. The van der Waals surface area contributed by atoms with E-state index in [2.05, 4.69) is 15.6 Å². The number of amides is 2. The highest BCUT2D eigenvalue weighted by Crippen LogP contribution is 2.28.